The van der Waals surface area contributed by atoms with E-state index in [0.29, 0.717) is 12.0 Å². The minimum Gasteiger partial charge on any atom is -0.491 e. The summed E-state index contributed by atoms with van der Waals surface area (Å²) >= 11 is 0. The Kier molecular flexibility index (Phi) is 5.95. The van der Waals surface area contributed by atoms with Crippen molar-refractivity contribution in [2.24, 2.45) is 0 Å². The lowest BCUT2D eigenvalue weighted by Gasteiger charge is -2.20. The molecule has 1 aliphatic heterocycles. The zero-order chi connectivity index (χ0) is 22.0. The van der Waals surface area contributed by atoms with E-state index < -0.39 is 23.6 Å². The van der Waals surface area contributed by atoms with Crippen LogP contribution in [0.1, 0.15) is 29.3 Å². The van der Waals surface area contributed by atoms with Gasteiger partial charge in [0, 0.05) is 18.2 Å². The van der Waals surface area contributed by atoms with E-state index in [4.69, 9.17) is 14.2 Å². The molecule has 1 aliphatic rings. The number of nitrogens with one attached hydrogen (secondary N) is 1. The number of benzene rings is 2. The Morgan fingerprint density at radius 2 is 1.58 bits per heavy atom. The molecular formula is C24H26N2O5. The summed E-state index contributed by atoms with van der Waals surface area (Å²) in [5, 5.41) is 0. The summed E-state index contributed by atoms with van der Waals surface area (Å²) in [6, 6.07) is 15.6. The Morgan fingerprint density at radius 3 is 2.23 bits per heavy atom. The van der Waals surface area contributed by atoms with Gasteiger partial charge in [-0.2, -0.15) is 0 Å². The molecule has 2 aromatic carbocycles. The van der Waals surface area contributed by atoms with E-state index >= 15 is 0 Å². The molecule has 1 aromatic heterocycles. The molecule has 2 heterocycles. The molecule has 0 saturated carbocycles. The van der Waals surface area contributed by atoms with E-state index in [-0.39, 0.29) is 12.7 Å². The first-order chi connectivity index (χ1) is 14.9. The van der Waals surface area contributed by atoms with Crippen molar-refractivity contribution in [3.63, 3.8) is 0 Å². The van der Waals surface area contributed by atoms with Crippen LogP contribution in [0.5, 0.6) is 11.5 Å². The van der Waals surface area contributed by atoms with Gasteiger partial charge in [0.05, 0.1) is 0 Å². The van der Waals surface area contributed by atoms with Crippen LogP contribution in [0.25, 0.3) is 0 Å². The molecule has 0 amide bonds. The number of aryl methyl sites for hydroxylation is 3. The van der Waals surface area contributed by atoms with E-state index in [9.17, 15) is 9.59 Å². The van der Waals surface area contributed by atoms with Crippen molar-refractivity contribution < 1.29 is 14.2 Å². The molecule has 4 rings (SSSR count). The number of ether oxygens (including phenoxy) is 3. The molecule has 31 heavy (non-hydrogen) atoms. The van der Waals surface area contributed by atoms with Gasteiger partial charge >= 0.3 is 5.69 Å². The quantitative estimate of drug-likeness (QED) is 0.659. The van der Waals surface area contributed by atoms with Crippen LogP contribution in [-0.4, -0.2) is 28.4 Å². The summed E-state index contributed by atoms with van der Waals surface area (Å²) in [6.45, 7) is 5.96. The van der Waals surface area contributed by atoms with Gasteiger partial charge in [-0.05, 0) is 45.0 Å². The van der Waals surface area contributed by atoms with Gasteiger partial charge in [0.1, 0.15) is 36.5 Å². The molecule has 0 aliphatic carbocycles. The zero-order valence-corrected chi connectivity index (χ0v) is 17.8. The van der Waals surface area contributed by atoms with Gasteiger partial charge in [0.25, 0.3) is 5.56 Å². The minimum absolute atomic E-state index is 0.271. The van der Waals surface area contributed by atoms with Crippen molar-refractivity contribution >= 4 is 0 Å². The monoisotopic (exact) mass is 422 g/mol. The first-order valence-electron chi connectivity index (χ1n) is 10.3. The third kappa shape index (κ3) is 4.88. The Balaban J connectivity index is 1.55. The molecule has 7 heteroatoms. The van der Waals surface area contributed by atoms with Crippen LogP contribution in [0.4, 0.5) is 0 Å². The van der Waals surface area contributed by atoms with Crippen molar-refractivity contribution in [3.05, 3.63) is 92.3 Å². The number of aromatic amines is 1. The van der Waals surface area contributed by atoms with Gasteiger partial charge in [0.15, 0.2) is 0 Å². The number of rotatable bonds is 6. The van der Waals surface area contributed by atoms with E-state index in [0.717, 1.165) is 22.6 Å². The lowest BCUT2D eigenvalue weighted by atomic mass is 10.1. The largest absolute Gasteiger partial charge is 0.491 e. The highest BCUT2D eigenvalue weighted by molar-refractivity contribution is 5.27. The van der Waals surface area contributed by atoms with Crippen molar-refractivity contribution in [2.75, 3.05) is 6.61 Å². The molecule has 1 fully saturated rings. The summed E-state index contributed by atoms with van der Waals surface area (Å²) in [5.41, 5.74) is 1.83. The lowest BCUT2D eigenvalue weighted by molar-refractivity contribution is -0.0372. The smallest absolute Gasteiger partial charge is 0.330 e. The average Bonchev–Trinajstić information content (AvgIpc) is 3.14. The number of nitrogens with zero attached hydrogens (tertiary/aromatic N) is 1. The minimum atomic E-state index is -0.565. The molecule has 1 saturated heterocycles. The molecule has 0 radical (unpaired) electrons. The normalized spacial score (nSPS) is 20.5. The van der Waals surface area contributed by atoms with Gasteiger partial charge in [-0.25, -0.2) is 4.79 Å². The fraction of sp³-hybridized carbons (Fsp3) is 0.333. The third-order valence-electron chi connectivity index (χ3n) is 5.38. The second-order valence-electron chi connectivity index (χ2n) is 7.94. The van der Waals surface area contributed by atoms with Crippen LogP contribution in [0, 0.1) is 20.8 Å². The SMILES string of the molecule is Cc1ccc(OC[C@H]2O[C@H](n3cc(C)c(=O)[nH]c3=O)C[C@@H]2Oc2ccc(C)cc2)cc1. The maximum absolute atomic E-state index is 12.4. The highest BCUT2D eigenvalue weighted by Crippen LogP contribution is 2.31. The Bertz CT molecular complexity index is 1150. The summed E-state index contributed by atoms with van der Waals surface area (Å²) in [4.78, 5) is 26.4. The van der Waals surface area contributed by atoms with Crippen LogP contribution in [0.2, 0.25) is 0 Å². The highest BCUT2D eigenvalue weighted by atomic mass is 16.6. The van der Waals surface area contributed by atoms with Crippen molar-refractivity contribution in [3.8, 4) is 11.5 Å². The fourth-order valence-corrected chi connectivity index (χ4v) is 3.55. The van der Waals surface area contributed by atoms with Gasteiger partial charge < -0.3 is 14.2 Å². The molecule has 0 spiro atoms. The van der Waals surface area contributed by atoms with Gasteiger partial charge in [-0.15, -0.1) is 0 Å². The third-order valence-corrected chi connectivity index (χ3v) is 5.38. The Hall–Kier alpha value is -3.32. The van der Waals surface area contributed by atoms with E-state index in [1.807, 2.05) is 62.4 Å². The van der Waals surface area contributed by atoms with Crippen LogP contribution < -0.4 is 20.7 Å². The number of hydrogen-bond acceptors (Lipinski definition) is 5. The predicted octanol–water partition coefficient (Wildman–Crippen LogP) is 3.28. The molecule has 1 N–H and O–H groups in total. The molecule has 7 nitrogen and oxygen atoms in total. The van der Waals surface area contributed by atoms with Gasteiger partial charge in [0.2, 0.25) is 0 Å². The highest BCUT2D eigenvalue weighted by Gasteiger charge is 2.39. The molecule has 162 valence electrons. The number of aromatic nitrogens is 2. The van der Waals surface area contributed by atoms with Crippen LogP contribution in [-0.2, 0) is 4.74 Å². The van der Waals surface area contributed by atoms with Gasteiger partial charge in [-0.3, -0.25) is 14.3 Å². The molecular weight excluding hydrogens is 396 g/mol. The molecule has 3 aromatic rings. The van der Waals surface area contributed by atoms with E-state index in [1.54, 1.807) is 6.92 Å². The molecule has 0 bridgehead atoms. The summed E-state index contributed by atoms with van der Waals surface area (Å²) in [6.07, 6.45) is 0.688. The predicted molar refractivity (Wildman–Crippen MR) is 117 cm³/mol. The number of hydrogen-bond donors (Lipinski definition) is 1. The fourth-order valence-electron chi connectivity index (χ4n) is 3.55. The standard InChI is InChI=1S/C24H26N2O5/c1-15-4-8-18(9-5-15)29-14-21-20(30-19-10-6-16(2)7-11-19)12-22(31-21)26-13-17(3)23(27)25-24(26)28/h4-11,13,20-22H,12,14H2,1-3H3,(H,25,27,28)/t20-,21+,22-/m0/s1. The average molecular weight is 422 g/mol. The molecule has 3 atom stereocenters. The van der Waals surface area contributed by atoms with Crippen molar-refractivity contribution in [1.82, 2.24) is 9.55 Å². The van der Waals surface area contributed by atoms with Crippen LogP contribution in [0.3, 0.4) is 0 Å². The maximum Gasteiger partial charge on any atom is 0.330 e. The summed E-state index contributed by atoms with van der Waals surface area (Å²) in [5.74, 6) is 1.47. The Morgan fingerprint density at radius 1 is 0.968 bits per heavy atom. The second kappa shape index (κ2) is 8.81. The van der Waals surface area contributed by atoms with Crippen molar-refractivity contribution in [1.29, 1.82) is 0 Å². The second-order valence-corrected chi connectivity index (χ2v) is 7.94. The number of H-pyrrole nitrogens is 1. The first kappa shape index (κ1) is 20.9. The summed E-state index contributed by atoms with van der Waals surface area (Å²) in [7, 11) is 0. The van der Waals surface area contributed by atoms with Gasteiger partial charge in [-0.1, -0.05) is 35.4 Å². The van der Waals surface area contributed by atoms with E-state index in [2.05, 4.69) is 4.98 Å². The summed E-state index contributed by atoms with van der Waals surface area (Å²) < 4.78 is 19.7. The van der Waals surface area contributed by atoms with Crippen LogP contribution >= 0.6 is 0 Å². The molecule has 0 unspecified atom stereocenters. The van der Waals surface area contributed by atoms with Crippen molar-refractivity contribution in [2.45, 2.75) is 45.6 Å². The van der Waals surface area contributed by atoms with E-state index in [1.165, 1.54) is 10.8 Å². The first-order valence-corrected chi connectivity index (χ1v) is 10.3. The maximum atomic E-state index is 12.4. The lowest BCUT2D eigenvalue weighted by Crippen LogP contribution is -2.33. The van der Waals surface area contributed by atoms with Crippen LogP contribution in [0.15, 0.2) is 64.3 Å². The topological polar surface area (TPSA) is 82.5 Å². The Labute approximate surface area is 180 Å². The zero-order valence-electron chi connectivity index (χ0n) is 17.8.